The van der Waals surface area contributed by atoms with Crippen LogP contribution in [0.15, 0.2) is 54.6 Å². The Balaban J connectivity index is 1.34. The summed E-state index contributed by atoms with van der Waals surface area (Å²) < 4.78 is 4.48. The molecule has 0 radical (unpaired) electrons. The Kier molecular flexibility index (Phi) is 5.36. The second kappa shape index (κ2) is 8.06. The average molecular weight is 399 g/mol. The second-order valence-corrected chi connectivity index (χ2v) is 7.60. The molecule has 27 heavy (non-hydrogen) atoms. The largest absolute Gasteiger partial charge is 0.343 e. The lowest BCUT2D eigenvalue weighted by molar-refractivity contribution is -0.130. The Morgan fingerprint density at radius 3 is 2.41 bits per heavy atom. The van der Waals surface area contributed by atoms with Crippen molar-refractivity contribution in [3.05, 3.63) is 65.2 Å². The lowest BCUT2D eigenvalue weighted by atomic mass is 10.1. The van der Waals surface area contributed by atoms with Gasteiger partial charge in [0.1, 0.15) is 0 Å². The Hall–Kier alpha value is -2.44. The van der Waals surface area contributed by atoms with Crippen molar-refractivity contribution in [1.82, 2.24) is 14.3 Å². The number of hydrogen-bond acceptors (Lipinski definition) is 5. The molecule has 0 N–H and O–H groups in total. The highest BCUT2D eigenvalue weighted by molar-refractivity contribution is 7.09. The quantitative estimate of drug-likeness (QED) is 0.671. The molecule has 7 heteroatoms. The van der Waals surface area contributed by atoms with Crippen LogP contribution in [0.2, 0.25) is 5.02 Å². The molecular weight excluding hydrogens is 380 g/mol. The van der Waals surface area contributed by atoms with Crippen LogP contribution in [0.1, 0.15) is 5.56 Å². The van der Waals surface area contributed by atoms with Crippen LogP contribution in [0.25, 0.3) is 11.4 Å². The highest BCUT2D eigenvalue weighted by Gasteiger charge is 2.23. The number of amides is 1. The molecule has 3 aromatic rings. The molecule has 2 heterocycles. The number of anilines is 1. The molecular formula is C20H19ClN4OS. The number of benzene rings is 2. The molecule has 2 aromatic carbocycles. The monoisotopic (exact) mass is 398 g/mol. The van der Waals surface area contributed by atoms with E-state index in [1.54, 1.807) is 0 Å². The van der Waals surface area contributed by atoms with Gasteiger partial charge in [0.2, 0.25) is 11.0 Å². The van der Waals surface area contributed by atoms with Gasteiger partial charge in [0, 0.05) is 48.3 Å². The Morgan fingerprint density at radius 1 is 1.00 bits per heavy atom. The van der Waals surface area contributed by atoms with Crippen LogP contribution in [-0.4, -0.2) is 46.3 Å². The molecule has 1 aliphatic rings. The minimum absolute atomic E-state index is 0.152. The minimum Gasteiger partial charge on any atom is -0.343 e. The van der Waals surface area contributed by atoms with Gasteiger partial charge in [-0.3, -0.25) is 4.79 Å². The van der Waals surface area contributed by atoms with Gasteiger partial charge in [0.15, 0.2) is 5.82 Å². The van der Waals surface area contributed by atoms with Crippen LogP contribution in [0, 0.1) is 0 Å². The van der Waals surface area contributed by atoms with Gasteiger partial charge in [0.25, 0.3) is 0 Å². The van der Waals surface area contributed by atoms with Crippen LogP contribution in [0.3, 0.4) is 0 Å². The molecule has 0 spiro atoms. The van der Waals surface area contributed by atoms with E-state index in [1.807, 2.05) is 59.5 Å². The normalized spacial score (nSPS) is 14.4. The van der Waals surface area contributed by atoms with E-state index in [0.29, 0.717) is 24.5 Å². The molecule has 5 nitrogen and oxygen atoms in total. The molecule has 0 bridgehead atoms. The Labute approximate surface area is 167 Å². The highest BCUT2D eigenvalue weighted by Crippen LogP contribution is 2.24. The third kappa shape index (κ3) is 4.28. The maximum Gasteiger partial charge on any atom is 0.227 e. The van der Waals surface area contributed by atoms with Gasteiger partial charge in [-0.2, -0.15) is 9.36 Å². The smallest absolute Gasteiger partial charge is 0.227 e. The van der Waals surface area contributed by atoms with E-state index in [4.69, 9.17) is 11.6 Å². The molecule has 1 aromatic heterocycles. The molecule has 4 rings (SSSR count). The lowest BCUT2D eigenvalue weighted by Crippen LogP contribution is -2.49. The van der Waals surface area contributed by atoms with E-state index in [9.17, 15) is 4.79 Å². The van der Waals surface area contributed by atoms with E-state index in [1.165, 1.54) is 11.5 Å². The standard InChI is InChI=1S/C20H19ClN4OS/c21-17-8-6-15(7-9-17)14-18(26)24-10-12-25(13-11-24)20-22-19(23-27-20)16-4-2-1-3-5-16/h1-9H,10-14H2. The molecule has 1 aliphatic heterocycles. The number of nitrogens with zero attached hydrogens (tertiary/aromatic N) is 4. The maximum atomic E-state index is 12.5. The van der Waals surface area contributed by atoms with Crippen molar-refractivity contribution in [3.63, 3.8) is 0 Å². The summed E-state index contributed by atoms with van der Waals surface area (Å²) in [5, 5.41) is 1.60. The SMILES string of the molecule is O=C(Cc1ccc(Cl)cc1)N1CCN(c2nc(-c3ccccc3)ns2)CC1. The van der Waals surface area contributed by atoms with E-state index < -0.39 is 0 Å². The first kappa shape index (κ1) is 17.9. The van der Waals surface area contributed by atoms with Gasteiger partial charge in [0.05, 0.1) is 6.42 Å². The molecule has 0 aliphatic carbocycles. The predicted molar refractivity (Wildman–Crippen MR) is 109 cm³/mol. The molecule has 0 atom stereocenters. The van der Waals surface area contributed by atoms with Gasteiger partial charge in [-0.15, -0.1) is 0 Å². The van der Waals surface area contributed by atoms with Crippen molar-refractivity contribution in [2.45, 2.75) is 6.42 Å². The fraction of sp³-hybridized carbons (Fsp3) is 0.250. The van der Waals surface area contributed by atoms with Gasteiger partial charge >= 0.3 is 0 Å². The van der Waals surface area contributed by atoms with Crippen LogP contribution in [0.4, 0.5) is 5.13 Å². The van der Waals surface area contributed by atoms with E-state index in [0.717, 1.165) is 35.2 Å². The van der Waals surface area contributed by atoms with Crippen LogP contribution < -0.4 is 4.90 Å². The molecule has 1 fully saturated rings. The molecule has 0 unspecified atom stereocenters. The summed E-state index contributed by atoms with van der Waals surface area (Å²) in [4.78, 5) is 21.3. The van der Waals surface area contributed by atoms with Crippen LogP contribution in [-0.2, 0) is 11.2 Å². The number of piperazine rings is 1. The number of halogens is 1. The number of hydrogen-bond donors (Lipinski definition) is 0. The maximum absolute atomic E-state index is 12.5. The van der Waals surface area contributed by atoms with Crippen molar-refractivity contribution in [2.24, 2.45) is 0 Å². The van der Waals surface area contributed by atoms with Crippen molar-refractivity contribution in [2.75, 3.05) is 31.1 Å². The van der Waals surface area contributed by atoms with Crippen molar-refractivity contribution in [3.8, 4) is 11.4 Å². The number of carbonyl (C=O) groups excluding carboxylic acids is 1. The van der Waals surface area contributed by atoms with Crippen LogP contribution >= 0.6 is 23.1 Å². The third-order valence-corrected chi connectivity index (χ3v) is 5.65. The zero-order valence-electron chi connectivity index (χ0n) is 14.7. The van der Waals surface area contributed by atoms with Gasteiger partial charge < -0.3 is 9.80 Å². The molecule has 0 saturated carbocycles. The summed E-state index contributed by atoms with van der Waals surface area (Å²) in [6, 6.07) is 17.4. The third-order valence-electron chi connectivity index (χ3n) is 4.62. The molecule has 1 saturated heterocycles. The topological polar surface area (TPSA) is 49.3 Å². The average Bonchev–Trinajstić information content (AvgIpc) is 3.21. The minimum atomic E-state index is 0.152. The predicted octanol–water partition coefficient (Wildman–Crippen LogP) is 3.75. The van der Waals surface area contributed by atoms with E-state index in [2.05, 4.69) is 14.3 Å². The second-order valence-electron chi connectivity index (χ2n) is 6.44. The van der Waals surface area contributed by atoms with Gasteiger partial charge in [-0.25, -0.2) is 0 Å². The number of rotatable bonds is 4. The summed E-state index contributed by atoms with van der Waals surface area (Å²) in [6.45, 7) is 2.95. The summed E-state index contributed by atoms with van der Waals surface area (Å²) in [5.41, 5.74) is 2.01. The summed E-state index contributed by atoms with van der Waals surface area (Å²) in [6.07, 6.45) is 0.411. The van der Waals surface area contributed by atoms with E-state index >= 15 is 0 Å². The lowest BCUT2D eigenvalue weighted by Gasteiger charge is -2.34. The summed E-state index contributed by atoms with van der Waals surface area (Å²) in [7, 11) is 0. The fourth-order valence-corrected chi connectivity index (χ4v) is 3.95. The van der Waals surface area contributed by atoms with Gasteiger partial charge in [-0.1, -0.05) is 54.1 Å². The summed E-state index contributed by atoms with van der Waals surface area (Å²) >= 11 is 7.31. The first-order valence-corrected chi connectivity index (χ1v) is 10.0. The van der Waals surface area contributed by atoms with Crippen molar-refractivity contribution >= 4 is 34.2 Å². The zero-order valence-corrected chi connectivity index (χ0v) is 16.3. The zero-order chi connectivity index (χ0) is 18.6. The molecule has 138 valence electrons. The first-order valence-electron chi connectivity index (χ1n) is 8.85. The number of aromatic nitrogens is 2. The fourth-order valence-electron chi connectivity index (χ4n) is 3.08. The Morgan fingerprint density at radius 2 is 1.70 bits per heavy atom. The van der Waals surface area contributed by atoms with Crippen molar-refractivity contribution in [1.29, 1.82) is 0 Å². The highest BCUT2D eigenvalue weighted by atomic mass is 35.5. The number of carbonyl (C=O) groups is 1. The van der Waals surface area contributed by atoms with Crippen LogP contribution in [0.5, 0.6) is 0 Å². The molecule has 1 amide bonds. The van der Waals surface area contributed by atoms with Gasteiger partial charge in [-0.05, 0) is 17.7 Å². The summed E-state index contributed by atoms with van der Waals surface area (Å²) in [5.74, 6) is 0.913. The Bertz CT molecular complexity index is 905. The first-order chi connectivity index (χ1) is 13.2. The van der Waals surface area contributed by atoms with Crippen molar-refractivity contribution < 1.29 is 4.79 Å². The van der Waals surface area contributed by atoms with E-state index in [-0.39, 0.29) is 5.91 Å².